The fraction of sp³-hybridized carbons (Fsp3) is 0.250. The van der Waals surface area contributed by atoms with Crippen LogP contribution in [0.15, 0.2) is 35.2 Å². The maximum absolute atomic E-state index is 13.0. The maximum atomic E-state index is 13.0. The zero-order chi connectivity index (χ0) is 22.3. The molecule has 1 aromatic heterocycles. The van der Waals surface area contributed by atoms with Gasteiger partial charge < -0.3 is 15.9 Å². The van der Waals surface area contributed by atoms with Crippen LogP contribution in [0, 0.1) is 6.92 Å². The Morgan fingerprint density at radius 3 is 2.45 bits per heavy atom. The lowest BCUT2D eigenvalue weighted by Crippen LogP contribution is -2.27. The highest BCUT2D eigenvalue weighted by atomic mass is 32.2. The molecule has 5 N–H and O–H groups in total. The second kappa shape index (κ2) is 7.67. The van der Waals surface area contributed by atoms with Crippen LogP contribution in [0.5, 0.6) is 11.5 Å². The SMILES string of the molecule is Cc1ccc(-c2n[nH]c(C(N)=O)n2)cc1-c1cc(S(=O)(=O)N2CCCC2)c(O)cc1O. The van der Waals surface area contributed by atoms with Gasteiger partial charge in [-0.05, 0) is 43.0 Å². The lowest BCUT2D eigenvalue weighted by Gasteiger charge is -2.18. The standard InChI is InChI=1S/C20H21N5O5S/c1-11-4-5-12(19-22-20(18(21)28)24-23-19)8-13(11)14-9-17(16(27)10-15(14)26)31(29,30)25-6-2-3-7-25/h4-5,8-10,26-27H,2-3,6-7H2,1H3,(H2,21,28)(H,22,23,24). The molecule has 10 nitrogen and oxygen atoms in total. The van der Waals surface area contributed by atoms with Crippen molar-refractivity contribution in [3.63, 3.8) is 0 Å². The van der Waals surface area contributed by atoms with Gasteiger partial charge in [0.25, 0.3) is 5.91 Å². The van der Waals surface area contributed by atoms with E-state index in [0.29, 0.717) is 24.2 Å². The number of aryl methyl sites for hydroxylation is 1. The second-order valence-corrected chi connectivity index (χ2v) is 9.26. The summed E-state index contributed by atoms with van der Waals surface area (Å²) in [5.74, 6) is -1.41. The number of carbonyl (C=O) groups is 1. The number of rotatable bonds is 5. The molecule has 2 heterocycles. The summed E-state index contributed by atoms with van der Waals surface area (Å²) in [6.45, 7) is 2.58. The van der Waals surface area contributed by atoms with Crippen molar-refractivity contribution in [2.75, 3.05) is 13.1 Å². The summed E-state index contributed by atoms with van der Waals surface area (Å²) in [5, 5.41) is 27.2. The number of aromatic nitrogens is 3. The van der Waals surface area contributed by atoms with Crippen LogP contribution in [0.3, 0.4) is 0 Å². The van der Waals surface area contributed by atoms with Crippen molar-refractivity contribution in [1.29, 1.82) is 0 Å². The molecule has 0 radical (unpaired) electrons. The monoisotopic (exact) mass is 443 g/mol. The lowest BCUT2D eigenvalue weighted by atomic mass is 9.97. The summed E-state index contributed by atoms with van der Waals surface area (Å²) in [5.41, 5.74) is 7.24. The second-order valence-electron chi connectivity index (χ2n) is 7.35. The van der Waals surface area contributed by atoms with Crippen LogP contribution < -0.4 is 5.73 Å². The number of sulfonamides is 1. The number of phenols is 2. The summed E-state index contributed by atoms with van der Waals surface area (Å²) in [7, 11) is -3.91. The molecule has 0 spiro atoms. The molecule has 0 aliphatic carbocycles. The number of carbonyl (C=O) groups excluding carboxylic acids is 1. The molecule has 162 valence electrons. The number of nitrogens with one attached hydrogen (secondary N) is 1. The predicted octanol–water partition coefficient (Wildman–Crippen LogP) is 1.74. The smallest absolute Gasteiger partial charge is 0.286 e. The molecule has 0 saturated carbocycles. The molecule has 0 atom stereocenters. The average molecular weight is 443 g/mol. The maximum Gasteiger partial charge on any atom is 0.286 e. The zero-order valence-electron chi connectivity index (χ0n) is 16.7. The first-order valence-corrected chi connectivity index (χ1v) is 11.0. The number of H-pyrrole nitrogens is 1. The van der Waals surface area contributed by atoms with Crippen LogP contribution in [0.2, 0.25) is 0 Å². The quantitative estimate of drug-likeness (QED) is 0.467. The first-order valence-electron chi connectivity index (χ1n) is 9.58. The third kappa shape index (κ3) is 3.73. The van der Waals surface area contributed by atoms with E-state index in [-0.39, 0.29) is 27.9 Å². The van der Waals surface area contributed by atoms with Gasteiger partial charge in [0.15, 0.2) is 5.82 Å². The molecule has 0 bridgehead atoms. The van der Waals surface area contributed by atoms with Crippen LogP contribution in [-0.2, 0) is 10.0 Å². The molecule has 4 rings (SSSR count). The van der Waals surface area contributed by atoms with Crippen LogP contribution in [0.25, 0.3) is 22.5 Å². The van der Waals surface area contributed by atoms with E-state index in [4.69, 9.17) is 5.73 Å². The minimum Gasteiger partial charge on any atom is -0.507 e. The summed E-state index contributed by atoms with van der Waals surface area (Å²) < 4.78 is 27.3. The number of benzene rings is 2. The number of nitrogens with zero attached hydrogens (tertiary/aromatic N) is 3. The Hall–Kier alpha value is -3.44. The van der Waals surface area contributed by atoms with E-state index in [2.05, 4.69) is 15.2 Å². The van der Waals surface area contributed by atoms with Gasteiger partial charge in [0.2, 0.25) is 15.8 Å². The number of aromatic hydroxyl groups is 2. The average Bonchev–Trinajstić information content (AvgIpc) is 3.41. The molecule has 1 amide bonds. The Kier molecular flexibility index (Phi) is 5.15. The van der Waals surface area contributed by atoms with Gasteiger partial charge in [-0.1, -0.05) is 12.1 Å². The van der Waals surface area contributed by atoms with Crippen molar-refractivity contribution in [2.24, 2.45) is 5.73 Å². The molecule has 1 saturated heterocycles. The van der Waals surface area contributed by atoms with E-state index in [9.17, 15) is 23.4 Å². The zero-order valence-corrected chi connectivity index (χ0v) is 17.5. The van der Waals surface area contributed by atoms with Crippen molar-refractivity contribution in [2.45, 2.75) is 24.7 Å². The van der Waals surface area contributed by atoms with Gasteiger partial charge in [0.05, 0.1) is 0 Å². The minimum absolute atomic E-state index is 0.0939. The molecular formula is C20H21N5O5S. The van der Waals surface area contributed by atoms with Crippen molar-refractivity contribution in [3.8, 4) is 34.0 Å². The summed E-state index contributed by atoms with van der Waals surface area (Å²) in [6, 6.07) is 7.46. The molecule has 11 heteroatoms. The Morgan fingerprint density at radius 2 is 1.81 bits per heavy atom. The van der Waals surface area contributed by atoms with Gasteiger partial charge in [-0.3, -0.25) is 9.89 Å². The number of aromatic amines is 1. The van der Waals surface area contributed by atoms with Crippen LogP contribution >= 0.6 is 0 Å². The van der Waals surface area contributed by atoms with Crippen LogP contribution in [0.4, 0.5) is 0 Å². The van der Waals surface area contributed by atoms with Gasteiger partial charge in [0, 0.05) is 30.3 Å². The molecule has 1 aliphatic rings. The summed E-state index contributed by atoms with van der Waals surface area (Å²) >= 11 is 0. The number of primary amides is 1. The Labute approximate surface area is 178 Å². The van der Waals surface area contributed by atoms with E-state index in [1.165, 1.54) is 10.4 Å². The van der Waals surface area contributed by atoms with Crippen LogP contribution in [0.1, 0.15) is 29.0 Å². The molecule has 3 aromatic rings. The Bertz CT molecular complexity index is 1280. The topological polar surface area (TPSA) is 162 Å². The number of nitrogens with two attached hydrogens (primary N) is 1. The number of hydrogen-bond acceptors (Lipinski definition) is 7. The summed E-state index contributed by atoms with van der Waals surface area (Å²) in [6.07, 6.45) is 1.52. The van der Waals surface area contributed by atoms with E-state index in [1.807, 2.05) is 0 Å². The summed E-state index contributed by atoms with van der Waals surface area (Å²) in [4.78, 5) is 15.1. The third-order valence-electron chi connectivity index (χ3n) is 5.26. The van der Waals surface area contributed by atoms with E-state index < -0.39 is 21.7 Å². The molecule has 1 aliphatic heterocycles. The van der Waals surface area contributed by atoms with Crippen molar-refractivity contribution in [3.05, 3.63) is 41.7 Å². The Balaban J connectivity index is 1.83. The first-order chi connectivity index (χ1) is 14.7. The van der Waals surface area contributed by atoms with Crippen molar-refractivity contribution < 1.29 is 23.4 Å². The highest BCUT2D eigenvalue weighted by Crippen LogP contribution is 2.40. The third-order valence-corrected chi connectivity index (χ3v) is 7.19. The van der Waals surface area contributed by atoms with Crippen LogP contribution in [-0.4, -0.2) is 57.1 Å². The van der Waals surface area contributed by atoms with Crippen molar-refractivity contribution in [1.82, 2.24) is 19.5 Å². The molecule has 31 heavy (non-hydrogen) atoms. The first kappa shape index (κ1) is 20.8. The highest BCUT2D eigenvalue weighted by molar-refractivity contribution is 7.89. The number of hydrogen-bond donors (Lipinski definition) is 4. The van der Waals surface area contributed by atoms with Gasteiger partial charge >= 0.3 is 0 Å². The number of amides is 1. The normalized spacial score (nSPS) is 14.7. The van der Waals surface area contributed by atoms with Gasteiger partial charge in [-0.15, -0.1) is 0 Å². The van der Waals surface area contributed by atoms with E-state index in [1.54, 1.807) is 25.1 Å². The molecular weight excluding hydrogens is 422 g/mol. The largest absolute Gasteiger partial charge is 0.507 e. The van der Waals surface area contributed by atoms with Crippen molar-refractivity contribution >= 4 is 15.9 Å². The number of phenolic OH excluding ortho intramolecular Hbond substituents is 2. The molecule has 0 unspecified atom stereocenters. The fourth-order valence-corrected chi connectivity index (χ4v) is 5.21. The fourth-order valence-electron chi connectivity index (χ4n) is 3.60. The molecule has 1 fully saturated rings. The Morgan fingerprint density at radius 1 is 1.10 bits per heavy atom. The van der Waals surface area contributed by atoms with Gasteiger partial charge in [0.1, 0.15) is 16.4 Å². The predicted molar refractivity (Wildman–Crippen MR) is 112 cm³/mol. The van der Waals surface area contributed by atoms with Gasteiger partial charge in [-0.25, -0.2) is 13.4 Å². The minimum atomic E-state index is -3.91. The lowest BCUT2D eigenvalue weighted by molar-refractivity contribution is 0.0991. The molecule has 2 aromatic carbocycles. The highest BCUT2D eigenvalue weighted by Gasteiger charge is 2.31. The van der Waals surface area contributed by atoms with E-state index >= 15 is 0 Å². The van der Waals surface area contributed by atoms with E-state index in [0.717, 1.165) is 24.5 Å². The van der Waals surface area contributed by atoms with Gasteiger partial charge in [-0.2, -0.15) is 9.40 Å².